The number of hydrogen-bond donors (Lipinski definition) is 4. The second-order valence-electron chi connectivity index (χ2n) is 13.7. The number of rotatable bonds is 11. The van der Waals surface area contributed by atoms with Crippen molar-refractivity contribution in [2.45, 2.75) is 83.7 Å². The molecule has 2 aliphatic heterocycles. The molecular weight excluding hydrogens is 707 g/mol. The lowest BCUT2D eigenvalue weighted by Crippen LogP contribution is -2.48. The van der Waals surface area contributed by atoms with Gasteiger partial charge in [-0.3, -0.25) is 4.79 Å². The van der Waals surface area contributed by atoms with Crippen LogP contribution in [0.4, 0.5) is 18.9 Å². The van der Waals surface area contributed by atoms with Crippen molar-refractivity contribution in [3.8, 4) is 11.5 Å². The van der Waals surface area contributed by atoms with Crippen molar-refractivity contribution < 1.29 is 41.7 Å². The summed E-state index contributed by atoms with van der Waals surface area (Å²) in [7, 11) is 3.10. The smallest absolute Gasteiger partial charge is 0.405 e. The fourth-order valence-corrected chi connectivity index (χ4v) is 5.30. The molecule has 2 heterocycles. The van der Waals surface area contributed by atoms with Crippen molar-refractivity contribution in [1.82, 2.24) is 16.0 Å². The van der Waals surface area contributed by atoms with E-state index >= 15 is 0 Å². The maximum atomic E-state index is 14.0. The molecule has 4 N–H and O–H groups in total. The second-order valence-corrected chi connectivity index (χ2v) is 13.7. The molecule has 0 saturated carbocycles. The molecule has 54 heavy (non-hydrogen) atoms. The topological polar surface area (TPSA) is 156 Å². The van der Waals surface area contributed by atoms with Crippen molar-refractivity contribution in [3.05, 3.63) is 53.6 Å². The molecule has 13 nitrogen and oxygen atoms in total. The number of esters is 1. The summed E-state index contributed by atoms with van der Waals surface area (Å²) in [5.74, 6) is -1.20. The van der Waals surface area contributed by atoms with E-state index in [2.05, 4.69) is 43.0 Å². The lowest BCUT2D eigenvalue weighted by Gasteiger charge is -2.29. The molecule has 298 valence electrons. The van der Waals surface area contributed by atoms with E-state index in [4.69, 9.17) is 18.9 Å². The Bertz CT molecular complexity index is 1560. The van der Waals surface area contributed by atoms with Gasteiger partial charge in [0.15, 0.2) is 0 Å². The number of hydrogen-bond acceptors (Lipinski definition) is 12. The lowest BCUT2D eigenvalue weighted by atomic mass is 9.94. The third-order valence-electron chi connectivity index (χ3n) is 8.14. The summed E-state index contributed by atoms with van der Waals surface area (Å²) < 4.78 is 62.7. The maximum absolute atomic E-state index is 14.0. The highest BCUT2D eigenvalue weighted by atomic mass is 19.4. The van der Waals surface area contributed by atoms with Gasteiger partial charge >= 0.3 is 12.1 Å². The van der Waals surface area contributed by atoms with Gasteiger partial charge in [0.1, 0.15) is 24.1 Å². The summed E-state index contributed by atoms with van der Waals surface area (Å²) >= 11 is 0. The number of carbonyl (C=O) groups excluding carboxylic acids is 2. The third kappa shape index (κ3) is 16.1. The fourth-order valence-electron chi connectivity index (χ4n) is 5.30. The maximum Gasteiger partial charge on any atom is 0.405 e. The summed E-state index contributed by atoms with van der Waals surface area (Å²) in [5.41, 5.74) is 0.754. The number of ether oxygens (including phenoxy) is 4. The van der Waals surface area contributed by atoms with E-state index < -0.39 is 42.2 Å². The Kier molecular flexibility index (Phi) is 17.7. The first-order chi connectivity index (χ1) is 25.7. The molecule has 16 heteroatoms. The summed E-state index contributed by atoms with van der Waals surface area (Å²) in [6.45, 7) is 9.60. The van der Waals surface area contributed by atoms with Gasteiger partial charge in [0, 0.05) is 17.7 Å². The largest absolute Gasteiger partial charge is 0.494 e. The summed E-state index contributed by atoms with van der Waals surface area (Å²) in [5, 5.41) is 11.1. The quantitative estimate of drug-likeness (QED) is 0.125. The Morgan fingerprint density at radius 1 is 1.04 bits per heavy atom. The number of nitrogens with one attached hydrogen (secondary N) is 4. The van der Waals surface area contributed by atoms with Crippen LogP contribution in [0.5, 0.6) is 11.5 Å². The highest BCUT2D eigenvalue weighted by Crippen LogP contribution is 2.26. The van der Waals surface area contributed by atoms with Crippen LogP contribution in [0.3, 0.4) is 0 Å². The summed E-state index contributed by atoms with van der Waals surface area (Å²) in [6.07, 6.45) is -0.0139. The van der Waals surface area contributed by atoms with Crippen LogP contribution in [0.15, 0.2) is 57.4 Å². The van der Waals surface area contributed by atoms with Gasteiger partial charge in [-0.15, -0.1) is 0 Å². The van der Waals surface area contributed by atoms with Gasteiger partial charge in [-0.2, -0.15) is 18.2 Å². The van der Waals surface area contributed by atoms with Crippen molar-refractivity contribution >= 4 is 36.2 Å². The predicted molar refractivity (Wildman–Crippen MR) is 204 cm³/mol. The van der Waals surface area contributed by atoms with E-state index in [9.17, 15) is 22.8 Å². The Morgan fingerprint density at radius 2 is 1.74 bits per heavy atom. The van der Waals surface area contributed by atoms with Gasteiger partial charge in [-0.1, -0.05) is 12.1 Å². The van der Waals surface area contributed by atoms with Crippen molar-refractivity contribution in [1.29, 1.82) is 0 Å². The van der Waals surface area contributed by atoms with Gasteiger partial charge in [-0.05, 0) is 109 Å². The molecule has 0 saturated heterocycles. The van der Waals surface area contributed by atoms with E-state index in [1.807, 2.05) is 27.8 Å². The standard InChI is InChI=1S/C38H54F3N7O6/c1-37(2,3)54-24-27(12-11-19-42-4)32(34(50)51-6)47-33(49)30-18-15-28-22-31(30)53-21-10-8-7-9-20-52-29-16-13-26(14-17-29)23-44-36(45-25-38(39,40)41)48-35(43-5)46-28/h13-18,22,27,32,42H,5,7-12,19-21,23-25H2,1-4,6H3,(H,47,49)(H2,44,45,46,48). The van der Waals surface area contributed by atoms with Crippen LogP contribution in [0, 0.1) is 5.92 Å². The molecule has 2 aliphatic rings. The monoisotopic (exact) mass is 761 g/mol. The number of methoxy groups -OCH3 is 1. The zero-order valence-corrected chi connectivity index (χ0v) is 31.8. The number of anilines is 1. The molecule has 2 aromatic carbocycles. The van der Waals surface area contributed by atoms with Crippen LogP contribution in [0.1, 0.15) is 75.2 Å². The molecule has 0 fully saturated rings. The summed E-state index contributed by atoms with van der Waals surface area (Å²) in [4.78, 5) is 39.4. The second kappa shape index (κ2) is 21.9. The normalized spacial score (nSPS) is 16.7. The minimum Gasteiger partial charge on any atom is -0.494 e. The molecule has 1 amide bonds. The minimum atomic E-state index is -4.53. The van der Waals surface area contributed by atoms with Gasteiger partial charge in [0.2, 0.25) is 11.9 Å². The molecule has 2 aromatic rings. The van der Waals surface area contributed by atoms with Crippen molar-refractivity contribution in [2.75, 3.05) is 52.4 Å². The number of carbonyl (C=O) groups is 2. The first-order valence-electron chi connectivity index (χ1n) is 18.0. The van der Waals surface area contributed by atoms with Crippen LogP contribution in [-0.4, -0.2) is 95.4 Å². The zero-order valence-electron chi connectivity index (χ0n) is 31.8. The number of nitrogens with zero attached hydrogens (tertiary/aromatic N) is 3. The number of benzene rings is 2. The predicted octanol–water partition coefficient (Wildman–Crippen LogP) is 5.90. The minimum absolute atomic E-state index is 0.0292. The van der Waals surface area contributed by atoms with E-state index in [1.165, 1.54) is 13.2 Å². The molecule has 2 unspecified atom stereocenters. The van der Waals surface area contributed by atoms with Gasteiger partial charge in [0.25, 0.3) is 5.91 Å². The molecule has 0 spiro atoms. The Hall–Kier alpha value is -4.70. The Morgan fingerprint density at radius 3 is 2.37 bits per heavy atom. The van der Waals surface area contributed by atoms with Crippen LogP contribution in [0.25, 0.3) is 0 Å². The number of aliphatic imine (C=N–C) groups is 3. The number of fused-ring (bicyclic) bond motifs is 12. The number of amides is 1. The molecule has 0 aromatic heterocycles. The average Bonchev–Trinajstić information content (AvgIpc) is 3.13. The van der Waals surface area contributed by atoms with Crippen LogP contribution in [0.2, 0.25) is 0 Å². The fraction of sp³-hybridized carbons (Fsp3) is 0.553. The SMILES string of the molecule is C=N/C1=N\C(NCC(F)(F)F)=NCc2ccc(cc2)OCCCCCCOc2cc(ccc2C(=O)NC(C(=O)OC)C(CCCNC)COC(C)(C)C)N1. The summed E-state index contributed by atoms with van der Waals surface area (Å²) in [6, 6.07) is 10.7. The molecule has 4 rings (SSSR count). The highest BCUT2D eigenvalue weighted by molar-refractivity contribution is 6.05. The van der Waals surface area contributed by atoms with Gasteiger partial charge < -0.3 is 40.2 Å². The highest BCUT2D eigenvalue weighted by Gasteiger charge is 2.33. The molecular formula is C38H54F3N7O6. The van der Waals surface area contributed by atoms with Gasteiger partial charge in [-0.25, -0.2) is 14.8 Å². The first kappa shape index (κ1) is 43.7. The van der Waals surface area contributed by atoms with Crippen molar-refractivity contribution in [2.24, 2.45) is 20.9 Å². The van der Waals surface area contributed by atoms with E-state index in [0.717, 1.165) is 31.2 Å². The van der Waals surface area contributed by atoms with E-state index in [-0.39, 0.29) is 43.0 Å². The molecule has 2 atom stereocenters. The van der Waals surface area contributed by atoms with Crippen LogP contribution < -0.4 is 30.7 Å². The molecule has 0 aliphatic carbocycles. The Labute approximate surface area is 315 Å². The first-order valence-corrected chi connectivity index (χ1v) is 18.0. The number of alkyl halides is 3. The third-order valence-corrected chi connectivity index (χ3v) is 8.14. The van der Waals surface area contributed by atoms with Crippen molar-refractivity contribution in [3.63, 3.8) is 0 Å². The number of guanidine groups is 2. The Balaban J connectivity index is 1.97. The molecule has 0 radical (unpaired) electrons. The zero-order chi connectivity index (χ0) is 39.6. The number of halogens is 3. The van der Waals surface area contributed by atoms with Gasteiger partial charge in [0.05, 0.1) is 44.6 Å². The van der Waals surface area contributed by atoms with Crippen LogP contribution >= 0.6 is 0 Å². The van der Waals surface area contributed by atoms with E-state index in [1.54, 1.807) is 36.4 Å². The lowest BCUT2D eigenvalue weighted by molar-refractivity contribution is -0.146. The van der Waals surface area contributed by atoms with E-state index in [0.29, 0.717) is 37.4 Å². The van der Waals surface area contributed by atoms with Crippen LogP contribution in [-0.2, 0) is 20.8 Å². The molecule has 4 bridgehead atoms. The average molecular weight is 762 g/mol.